The molecular weight excluding hydrogens is 378 g/mol. The lowest BCUT2D eigenvalue weighted by molar-refractivity contribution is -0.121. The lowest BCUT2D eigenvalue weighted by Gasteiger charge is -2.03. The van der Waals surface area contributed by atoms with Crippen LogP contribution in [0.25, 0.3) is 12.2 Å². The maximum atomic E-state index is 12.9. The van der Waals surface area contributed by atoms with E-state index in [1.165, 1.54) is 16.9 Å². The second kappa shape index (κ2) is 9.09. The molecule has 0 unspecified atom stereocenters. The molecule has 1 amide bonds. The Morgan fingerprint density at radius 2 is 2.14 bits per heavy atom. The molecule has 0 aliphatic rings. The summed E-state index contributed by atoms with van der Waals surface area (Å²) in [5.74, 6) is -0.498. The van der Waals surface area contributed by atoms with Crippen LogP contribution in [-0.4, -0.2) is 27.8 Å². The van der Waals surface area contributed by atoms with Crippen molar-refractivity contribution in [1.82, 2.24) is 14.9 Å². The lowest BCUT2D eigenvalue weighted by atomic mass is 10.3. The zero-order valence-electron chi connectivity index (χ0n) is 15.3. The molecule has 0 atom stereocenters. The van der Waals surface area contributed by atoms with Gasteiger partial charge in [-0.2, -0.15) is 0 Å². The van der Waals surface area contributed by atoms with Gasteiger partial charge in [0, 0.05) is 18.8 Å². The van der Waals surface area contributed by atoms with Gasteiger partial charge in [-0.15, -0.1) is 11.3 Å². The normalized spacial score (nSPS) is 12.3. The molecular formula is C20H19N3O4S. The van der Waals surface area contributed by atoms with Crippen LogP contribution in [0.1, 0.15) is 29.6 Å². The predicted octanol–water partition coefficient (Wildman–Crippen LogP) is 0.916. The number of rotatable bonds is 7. The molecule has 3 rings (SSSR count). The van der Waals surface area contributed by atoms with Gasteiger partial charge in [0.2, 0.25) is 11.7 Å². The number of amides is 1. The van der Waals surface area contributed by atoms with Crippen molar-refractivity contribution in [3.05, 3.63) is 73.8 Å². The molecule has 28 heavy (non-hydrogen) atoms. The highest BCUT2D eigenvalue weighted by molar-refractivity contribution is 7.07. The molecule has 0 aliphatic carbocycles. The fourth-order valence-electron chi connectivity index (χ4n) is 2.45. The highest BCUT2D eigenvalue weighted by atomic mass is 32.1. The molecule has 8 heteroatoms. The van der Waals surface area contributed by atoms with E-state index in [0.29, 0.717) is 21.4 Å². The molecule has 0 bridgehead atoms. The van der Waals surface area contributed by atoms with Crippen LogP contribution in [0.5, 0.6) is 0 Å². The van der Waals surface area contributed by atoms with Gasteiger partial charge in [0.15, 0.2) is 5.76 Å². The molecule has 0 spiro atoms. The Kier molecular flexibility index (Phi) is 6.33. The highest BCUT2D eigenvalue weighted by Gasteiger charge is 2.12. The van der Waals surface area contributed by atoms with Crippen molar-refractivity contribution < 1.29 is 14.0 Å². The number of furan rings is 1. The summed E-state index contributed by atoms with van der Waals surface area (Å²) in [7, 11) is 0. The minimum absolute atomic E-state index is 0.164. The number of aromatic nitrogens is 2. The van der Waals surface area contributed by atoms with Gasteiger partial charge in [-0.1, -0.05) is 13.0 Å². The SMILES string of the molecule is CCCNC(=O)Cn1c(=O)/c(=C\c2ccccn2)s/c1=C\C(=O)c1ccco1. The van der Waals surface area contributed by atoms with Crippen LogP contribution in [-0.2, 0) is 11.3 Å². The van der Waals surface area contributed by atoms with Crippen LogP contribution in [0.3, 0.4) is 0 Å². The summed E-state index contributed by atoms with van der Waals surface area (Å²) in [4.78, 5) is 41.6. The fourth-order valence-corrected chi connectivity index (χ4v) is 3.48. The number of hydrogen-bond acceptors (Lipinski definition) is 6. The third kappa shape index (κ3) is 4.72. The molecule has 3 heterocycles. The number of ketones is 1. The quantitative estimate of drug-likeness (QED) is 0.598. The summed E-state index contributed by atoms with van der Waals surface area (Å²) < 4.78 is 7.18. The Morgan fingerprint density at radius 1 is 1.29 bits per heavy atom. The fraction of sp³-hybridized carbons (Fsp3) is 0.200. The lowest BCUT2D eigenvalue weighted by Crippen LogP contribution is -2.38. The second-order valence-electron chi connectivity index (χ2n) is 5.93. The van der Waals surface area contributed by atoms with E-state index in [-0.39, 0.29) is 29.6 Å². The van der Waals surface area contributed by atoms with Crippen LogP contribution in [0.2, 0.25) is 0 Å². The summed E-state index contributed by atoms with van der Waals surface area (Å²) in [5.41, 5.74) is 0.271. The first kappa shape index (κ1) is 19.5. The van der Waals surface area contributed by atoms with Crippen molar-refractivity contribution in [2.24, 2.45) is 0 Å². The maximum absolute atomic E-state index is 12.9. The monoisotopic (exact) mass is 397 g/mol. The number of nitrogens with zero attached hydrogens (tertiary/aromatic N) is 2. The van der Waals surface area contributed by atoms with E-state index in [1.807, 2.05) is 13.0 Å². The van der Waals surface area contributed by atoms with E-state index in [0.717, 1.165) is 17.8 Å². The highest BCUT2D eigenvalue weighted by Crippen LogP contribution is 2.02. The smallest absolute Gasteiger partial charge is 0.269 e. The van der Waals surface area contributed by atoms with Crippen molar-refractivity contribution in [3.8, 4) is 0 Å². The molecule has 0 aliphatic heterocycles. The van der Waals surface area contributed by atoms with E-state index >= 15 is 0 Å². The van der Waals surface area contributed by atoms with Crippen LogP contribution < -0.4 is 20.1 Å². The van der Waals surface area contributed by atoms with Crippen molar-refractivity contribution in [1.29, 1.82) is 0 Å². The molecule has 144 valence electrons. The van der Waals surface area contributed by atoms with Gasteiger partial charge in [0.05, 0.1) is 16.5 Å². The molecule has 1 N–H and O–H groups in total. The maximum Gasteiger partial charge on any atom is 0.269 e. The first-order chi connectivity index (χ1) is 13.6. The van der Waals surface area contributed by atoms with Gasteiger partial charge < -0.3 is 9.73 Å². The Labute approximate surface area is 164 Å². The predicted molar refractivity (Wildman–Crippen MR) is 106 cm³/mol. The van der Waals surface area contributed by atoms with Crippen LogP contribution in [0.15, 0.2) is 52.0 Å². The first-order valence-corrected chi connectivity index (χ1v) is 9.59. The number of carbonyl (C=O) groups is 2. The van der Waals surface area contributed by atoms with Crippen LogP contribution in [0, 0.1) is 0 Å². The van der Waals surface area contributed by atoms with Crippen LogP contribution in [0.4, 0.5) is 0 Å². The zero-order valence-corrected chi connectivity index (χ0v) is 16.1. The molecule has 7 nitrogen and oxygen atoms in total. The molecule has 0 fully saturated rings. The summed E-state index contributed by atoms with van der Waals surface area (Å²) >= 11 is 1.13. The third-order valence-electron chi connectivity index (χ3n) is 3.80. The molecule has 3 aromatic heterocycles. The average Bonchev–Trinajstić information content (AvgIpc) is 3.32. The van der Waals surface area contributed by atoms with Gasteiger partial charge in [-0.3, -0.25) is 23.9 Å². The van der Waals surface area contributed by atoms with Gasteiger partial charge in [0.1, 0.15) is 11.2 Å². The van der Waals surface area contributed by atoms with Crippen molar-refractivity contribution in [3.63, 3.8) is 0 Å². The molecule has 0 saturated heterocycles. The molecule has 0 saturated carbocycles. The van der Waals surface area contributed by atoms with Crippen molar-refractivity contribution in [2.75, 3.05) is 6.54 Å². The number of hydrogen-bond donors (Lipinski definition) is 1. The minimum atomic E-state index is -0.377. The number of carbonyl (C=O) groups excluding carboxylic acids is 2. The van der Waals surface area contributed by atoms with Crippen molar-refractivity contribution >= 4 is 35.2 Å². The van der Waals surface area contributed by atoms with Crippen LogP contribution >= 0.6 is 11.3 Å². The van der Waals surface area contributed by atoms with Gasteiger partial charge in [-0.25, -0.2) is 0 Å². The largest absolute Gasteiger partial charge is 0.461 e. The standard InChI is InChI=1S/C20H19N3O4S/c1-2-8-22-18(25)13-23-19(12-15(24)16-7-5-10-27-16)28-17(20(23)26)11-14-6-3-4-9-21-14/h3-7,9-12H,2,8,13H2,1H3,(H,22,25)/b17-11+,19-12-. The summed E-state index contributed by atoms with van der Waals surface area (Å²) in [6, 6.07) is 8.53. The van der Waals surface area contributed by atoms with Gasteiger partial charge in [-0.05, 0) is 36.8 Å². The first-order valence-electron chi connectivity index (χ1n) is 8.77. The van der Waals surface area contributed by atoms with Crippen molar-refractivity contribution in [2.45, 2.75) is 19.9 Å². The Hall–Kier alpha value is -3.26. The number of thiazole rings is 1. The second-order valence-corrected chi connectivity index (χ2v) is 6.99. The molecule has 3 aromatic rings. The van der Waals surface area contributed by atoms with E-state index in [2.05, 4.69) is 10.3 Å². The molecule has 0 radical (unpaired) electrons. The number of Topliss-reactive ketones (excluding diaryl/α,β-unsaturated/α-hetero) is 1. The minimum Gasteiger partial charge on any atom is -0.461 e. The number of pyridine rings is 1. The number of nitrogens with one attached hydrogen (secondary N) is 1. The summed E-state index contributed by atoms with van der Waals surface area (Å²) in [5, 5.41) is 2.74. The van der Waals surface area contributed by atoms with E-state index in [1.54, 1.807) is 36.5 Å². The van der Waals surface area contributed by atoms with Gasteiger partial charge in [0.25, 0.3) is 5.56 Å². The Bertz CT molecular complexity index is 1130. The average molecular weight is 397 g/mol. The Balaban J connectivity index is 2.07. The third-order valence-corrected chi connectivity index (χ3v) is 4.86. The zero-order chi connectivity index (χ0) is 19.9. The van der Waals surface area contributed by atoms with Gasteiger partial charge >= 0.3 is 0 Å². The molecule has 0 aromatic carbocycles. The van der Waals surface area contributed by atoms with E-state index < -0.39 is 0 Å². The summed E-state index contributed by atoms with van der Waals surface area (Å²) in [6.45, 7) is 2.30. The van der Waals surface area contributed by atoms with E-state index in [9.17, 15) is 14.4 Å². The van der Waals surface area contributed by atoms with E-state index in [4.69, 9.17) is 4.42 Å². The topological polar surface area (TPSA) is 94.2 Å². The Morgan fingerprint density at radius 3 is 2.82 bits per heavy atom. The summed E-state index contributed by atoms with van der Waals surface area (Å²) in [6.07, 6.45) is 6.78.